The number of aromatic nitrogens is 1. The first-order chi connectivity index (χ1) is 8.80. The molecule has 1 aromatic heterocycles. The Morgan fingerprint density at radius 1 is 1.37 bits per heavy atom. The Hall–Kier alpha value is -1.14. The highest BCUT2D eigenvalue weighted by Gasteiger charge is 2.28. The lowest BCUT2D eigenvalue weighted by Crippen LogP contribution is -2.36. The monoisotopic (exact) mass is 285 g/mol. The Kier molecular flexibility index (Phi) is 5.31. The predicted molar refractivity (Wildman–Crippen MR) is 77.6 cm³/mol. The first kappa shape index (κ1) is 15.9. The van der Waals surface area contributed by atoms with Crippen molar-refractivity contribution in [3.8, 4) is 0 Å². The van der Waals surface area contributed by atoms with E-state index in [1.165, 1.54) is 4.31 Å². The number of nitrogens with zero attached hydrogens (tertiary/aromatic N) is 2. The van der Waals surface area contributed by atoms with Crippen LogP contribution in [-0.2, 0) is 10.0 Å². The van der Waals surface area contributed by atoms with Crippen LogP contribution < -0.4 is 5.32 Å². The van der Waals surface area contributed by atoms with E-state index in [9.17, 15) is 8.42 Å². The highest BCUT2D eigenvalue weighted by atomic mass is 32.2. The molecular formula is C13H23N3O2S. The Labute approximate surface area is 116 Å². The molecule has 0 radical (unpaired) electrons. The van der Waals surface area contributed by atoms with E-state index in [1.807, 2.05) is 6.92 Å². The van der Waals surface area contributed by atoms with Gasteiger partial charge in [0.25, 0.3) is 0 Å². The largest absolute Gasteiger partial charge is 0.372 e. The van der Waals surface area contributed by atoms with Gasteiger partial charge in [-0.1, -0.05) is 13.8 Å². The maximum Gasteiger partial charge on any atom is 0.246 e. The number of sulfonamides is 1. The Morgan fingerprint density at radius 3 is 2.53 bits per heavy atom. The van der Waals surface area contributed by atoms with Crippen LogP contribution in [0.15, 0.2) is 23.2 Å². The lowest BCUT2D eigenvalue weighted by atomic mass is 10.1. The van der Waals surface area contributed by atoms with E-state index in [0.29, 0.717) is 11.7 Å². The van der Waals surface area contributed by atoms with E-state index >= 15 is 0 Å². The van der Waals surface area contributed by atoms with Crippen molar-refractivity contribution >= 4 is 15.8 Å². The van der Waals surface area contributed by atoms with Crippen molar-refractivity contribution in [2.24, 2.45) is 5.92 Å². The second-order valence-electron chi connectivity index (χ2n) is 5.10. The van der Waals surface area contributed by atoms with Crippen molar-refractivity contribution in [2.75, 3.05) is 19.4 Å². The van der Waals surface area contributed by atoms with Crippen molar-refractivity contribution in [1.82, 2.24) is 9.29 Å². The van der Waals surface area contributed by atoms with E-state index < -0.39 is 10.0 Å². The van der Waals surface area contributed by atoms with Gasteiger partial charge in [0.2, 0.25) is 10.0 Å². The van der Waals surface area contributed by atoms with Gasteiger partial charge in [-0.05, 0) is 31.4 Å². The summed E-state index contributed by atoms with van der Waals surface area (Å²) < 4.78 is 26.6. The number of pyridine rings is 1. The van der Waals surface area contributed by atoms with Crippen molar-refractivity contribution in [3.63, 3.8) is 0 Å². The Bertz CT molecular complexity index is 514. The quantitative estimate of drug-likeness (QED) is 0.870. The highest BCUT2D eigenvalue weighted by molar-refractivity contribution is 7.89. The van der Waals surface area contributed by atoms with Crippen molar-refractivity contribution in [1.29, 1.82) is 0 Å². The smallest absolute Gasteiger partial charge is 0.246 e. The van der Waals surface area contributed by atoms with Crippen molar-refractivity contribution in [2.45, 2.75) is 38.1 Å². The predicted octanol–water partition coefficient (Wildman–Crippen LogP) is 2.18. The molecule has 0 amide bonds. The van der Waals surface area contributed by atoms with Crippen LogP contribution in [0.5, 0.6) is 0 Å². The average Bonchev–Trinajstić information content (AvgIpc) is 2.36. The summed E-state index contributed by atoms with van der Waals surface area (Å²) in [5.41, 5.74) is 0. The molecule has 1 atom stereocenters. The van der Waals surface area contributed by atoms with Crippen LogP contribution in [-0.4, -0.2) is 37.8 Å². The van der Waals surface area contributed by atoms with Crippen LogP contribution in [0.2, 0.25) is 0 Å². The summed E-state index contributed by atoms with van der Waals surface area (Å²) in [5, 5.41) is 2.82. The summed E-state index contributed by atoms with van der Waals surface area (Å²) in [6.45, 7) is 6.09. The number of hydrogen-bond donors (Lipinski definition) is 1. The number of anilines is 1. The summed E-state index contributed by atoms with van der Waals surface area (Å²) >= 11 is 0. The third kappa shape index (κ3) is 3.67. The third-order valence-electron chi connectivity index (χ3n) is 3.10. The van der Waals surface area contributed by atoms with Gasteiger partial charge in [0.1, 0.15) is 10.7 Å². The summed E-state index contributed by atoms with van der Waals surface area (Å²) in [6, 6.07) is 3.16. The van der Waals surface area contributed by atoms with Crippen LogP contribution in [0.1, 0.15) is 27.2 Å². The molecule has 1 unspecified atom stereocenters. The molecule has 0 aliphatic heterocycles. The number of rotatable bonds is 6. The van der Waals surface area contributed by atoms with Crippen LogP contribution in [0.3, 0.4) is 0 Å². The fraction of sp³-hybridized carbons (Fsp3) is 0.615. The minimum atomic E-state index is -3.52. The van der Waals surface area contributed by atoms with Crippen LogP contribution in [0.4, 0.5) is 5.82 Å². The van der Waals surface area contributed by atoms with Gasteiger partial charge in [0.15, 0.2) is 0 Å². The molecule has 0 saturated heterocycles. The molecular weight excluding hydrogens is 262 g/mol. The molecule has 0 saturated carbocycles. The van der Waals surface area contributed by atoms with Gasteiger partial charge in [-0.2, -0.15) is 4.31 Å². The topological polar surface area (TPSA) is 62.3 Å². The summed E-state index contributed by atoms with van der Waals surface area (Å²) in [7, 11) is -0.233. The van der Waals surface area contributed by atoms with Gasteiger partial charge in [-0.25, -0.2) is 13.4 Å². The molecule has 108 valence electrons. The van der Waals surface area contributed by atoms with Gasteiger partial charge >= 0.3 is 0 Å². The van der Waals surface area contributed by atoms with Gasteiger partial charge < -0.3 is 5.32 Å². The fourth-order valence-electron chi connectivity index (χ4n) is 2.01. The Balaban J connectivity index is 3.09. The van der Waals surface area contributed by atoms with Gasteiger partial charge in [-0.15, -0.1) is 0 Å². The highest BCUT2D eigenvalue weighted by Crippen LogP contribution is 2.24. The molecule has 0 aliphatic rings. The second kappa shape index (κ2) is 6.34. The molecule has 1 aromatic rings. The van der Waals surface area contributed by atoms with E-state index in [4.69, 9.17) is 0 Å². The normalized spacial score (nSPS) is 13.8. The molecule has 1 rings (SSSR count). The van der Waals surface area contributed by atoms with E-state index in [0.717, 1.165) is 6.42 Å². The fourth-order valence-corrected chi connectivity index (χ4v) is 3.53. The minimum Gasteiger partial charge on any atom is -0.372 e. The van der Waals surface area contributed by atoms with Crippen LogP contribution in [0, 0.1) is 5.92 Å². The van der Waals surface area contributed by atoms with Crippen molar-refractivity contribution < 1.29 is 8.42 Å². The van der Waals surface area contributed by atoms with E-state index in [1.54, 1.807) is 32.4 Å². The molecule has 1 N–H and O–H groups in total. The zero-order chi connectivity index (χ0) is 14.6. The van der Waals surface area contributed by atoms with Crippen molar-refractivity contribution in [3.05, 3.63) is 18.3 Å². The van der Waals surface area contributed by atoms with Gasteiger partial charge in [-0.3, -0.25) is 0 Å². The molecule has 0 fully saturated rings. The lowest BCUT2D eigenvalue weighted by molar-refractivity contribution is 0.338. The summed E-state index contributed by atoms with van der Waals surface area (Å²) in [6.07, 6.45) is 2.40. The maximum absolute atomic E-state index is 12.6. The van der Waals surface area contributed by atoms with Crippen LogP contribution >= 0.6 is 0 Å². The van der Waals surface area contributed by atoms with Crippen LogP contribution in [0.25, 0.3) is 0 Å². The second-order valence-corrected chi connectivity index (χ2v) is 7.07. The van der Waals surface area contributed by atoms with E-state index in [-0.39, 0.29) is 10.9 Å². The van der Waals surface area contributed by atoms with E-state index in [2.05, 4.69) is 24.1 Å². The molecule has 5 nitrogen and oxygen atoms in total. The third-order valence-corrected chi connectivity index (χ3v) is 5.10. The average molecular weight is 285 g/mol. The standard InChI is InChI=1S/C13H23N3O2S/c1-10(2)9-11(3)16(5)19(17,18)12-7-6-8-15-13(12)14-4/h6-8,10-11H,9H2,1-5H3,(H,14,15). The molecule has 19 heavy (non-hydrogen) atoms. The Morgan fingerprint density at radius 2 is 2.00 bits per heavy atom. The molecule has 0 bridgehead atoms. The molecule has 6 heteroatoms. The first-order valence-corrected chi connectivity index (χ1v) is 7.85. The SMILES string of the molecule is CNc1ncccc1S(=O)(=O)N(C)C(C)CC(C)C. The molecule has 1 heterocycles. The van der Waals surface area contributed by atoms with Gasteiger partial charge in [0.05, 0.1) is 0 Å². The first-order valence-electron chi connectivity index (χ1n) is 6.41. The summed E-state index contributed by atoms with van der Waals surface area (Å²) in [5.74, 6) is 0.830. The lowest BCUT2D eigenvalue weighted by Gasteiger charge is -2.26. The number of nitrogens with one attached hydrogen (secondary N) is 1. The summed E-state index contributed by atoms with van der Waals surface area (Å²) in [4.78, 5) is 4.27. The number of hydrogen-bond acceptors (Lipinski definition) is 4. The molecule has 0 spiro atoms. The maximum atomic E-state index is 12.6. The zero-order valence-electron chi connectivity index (χ0n) is 12.2. The molecule has 0 aromatic carbocycles. The van der Waals surface area contributed by atoms with Gasteiger partial charge in [0, 0.05) is 26.3 Å². The zero-order valence-corrected chi connectivity index (χ0v) is 13.0. The minimum absolute atomic E-state index is 0.0464. The molecule has 0 aliphatic carbocycles.